The van der Waals surface area contributed by atoms with E-state index in [1.54, 1.807) is 29.4 Å². The fraction of sp³-hybridized carbons (Fsp3) is 0.414. The van der Waals surface area contributed by atoms with Crippen molar-refractivity contribution in [2.45, 2.75) is 45.8 Å². The van der Waals surface area contributed by atoms with Crippen molar-refractivity contribution in [2.75, 3.05) is 26.5 Å². The minimum atomic E-state index is -0.528. The summed E-state index contributed by atoms with van der Waals surface area (Å²) < 4.78 is 35.2. The average Bonchev–Trinajstić information content (AvgIpc) is 3.62. The molecule has 2 N–H and O–H groups in total. The Balaban J connectivity index is 0.000000201. The van der Waals surface area contributed by atoms with Crippen LogP contribution in [0.1, 0.15) is 49.8 Å². The molecule has 2 aliphatic heterocycles. The number of rotatable bonds is 6. The maximum absolute atomic E-state index is 13.2. The molecule has 3 aromatic rings. The van der Waals surface area contributed by atoms with Gasteiger partial charge in [-0.05, 0) is 57.9 Å². The van der Waals surface area contributed by atoms with Crippen LogP contribution in [0.3, 0.4) is 0 Å². The fourth-order valence-electron chi connectivity index (χ4n) is 4.17. The van der Waals surface area contributed by atoms with Gasteiger partial charge in [-0.2, -0.15) is 0 Å². The number of likely N-dealkylation sites (tertiary alicyclic amines) is 1. The molecule has 2 aromatic carbocycles. The molecule has 0 saturated carbocycles. The molecular weight excluding hydrogens is 519 g/mol. The van der Waals surface area contributed by atoms with E-state index in [9.17, 15) is 14.0 Å². The Morgan fingerprint density at radius 2 is 1.98 bits per heavy atom. The third kappa shape index (κ3) is 8.36. The van der Waals surface area contributed by atoms with Crippen LogP contribution >= 0.6 is 0 Å². The summed E-state index contributed by atoms with van der Waals surface area (Å²) in [5, 5.41) is 2.57. The van der Waals surface area contributed by atoms with Crippen molar-refractivity contribution in [3.05, 3.63) is 72.1 Å². The lowest BCUT2D eigenvalue weighted by atomic mass is 9.99. The molecule has 1 aromatic heterocycles. The van der Waals surface area contributed by atoms with Crippen molar-refractivity contribution in [2.24, 2.45) is 5.92 Å². The van der Waals surface area contributed by atoms with Crippen molar-refractivity contribution >= 4 is 12.0 Å². The van der Waals surface area contributed by atoms with E-state index in [0.717, 1.165) is 30.9 Å². The Morgan fingerprint density at radius 1 is 1.18 bits per heavy atom. The van der Waals surface area contributed by atoms with Crippen LogP contribution in [0.5, 0.6) is 17.2 Å². The molecule has 2 aliphatic rings. The van der Waals surface area contributed by atoms with Crippen molar-refractivity contribution in [3.8, 4) is 17.2 Å². The normalized spacial score (nSPS) is 16.0. The molecule has 0 radical (unpaired) electrons. The van der Waals surface area contributed by atoms with Gasteiger partial charge >= 0.3 is 6.09 Å². The van der Waals surface area contributed by atoms with E-state index in [0.29, 0.717) is 30.6 Å². The largest absolute Gasteiger partial charge is 0.493 e. The quantitative estimate of drug-likeness (QED) is 0.445. The lowest BCUT2D eigenvalue weighted by molar-refractivity contribution is 0.0139. The Hall–Kier alpha value is -4.28. The van der Waals surface area contributed by atoms with E-state index in [1.165, 1.54) is 12.1 Å². The van der Waals surface area contributed by atoms with Crippen molar-refractivity contribution < 1.29 is 32.9 Å². The topological polar surface area (TPSA) is 115 Å². The van der Waals surface area contributed by atoms with E-state index < -0.39 is 17.3 Å². The highest BCUT2D eigenvalue weighted by Crippen LogP contribution is 2.35. The lowest BCUT2D eigenvalue weighted by Gasteiger charge is -2.34. The third-order valence-electron chi connectivity index (χ3n) is 6.09. The van der Waals surface area contributed by atoms with Crippen LogP contribution in [0, 0.1) is 11.7 Å². The maximum atomic E-state index is 13.2. The number of nitrogens with zero attached hydrogens (tertiary/aromatic N) is 2. The molecule has 0 bridgehead atoms. The fourth-order valence-corrected chi connectivity index (χ4v) is 4.17. The van der Waals surface area contributed by atoms with Crippen LogP contribution in [0.2, 0.25) is 0 Å². The zero-order valence-electron chi connectivity index (χ0n) is 22.9. The van der Waals surface area contributed by atoms with E-state index >= 15 is 0 Å². The first-order chi connectivity index (χ1) is 19.2. The Morgan fingerprint density at radius 3 is 2.73 bits per heavy atom. The molecule has 0 aliphatic carbocycles. The van der Waals surface area contributed by atoms with E-state index in [1.807, 2.05) is 39.0 Å². The Bertz CT molecular complexity index is 1280. The summed E-state index contributed by atoms with van der Waals surface area (Å²) >= 11 is 0. The van der Waals surface area contributed by atoms with Crippen LogP contribution in [-0.4, -0.2) is 59.0 Å². The summed E-state index contributed by atoms with van der Waals surface area (Å²) in [6.45, 7) is 8.14. The number of nitrogens with one attached hydrogen (secondary N) is 2. The van der Waals surface area contributed by atoms with Crippen molar-refractivity contribution in [1.29, 1.82) is 0 Å². The number of halogens is 1. The second-order valence-electron chi connectivity index (χ2n) is 10.5. The van der Waals surface area contributed by atoms with E-state index in [4.69, 9.17) is 18.9 Å². The maximum Gasteiger partial charge on any atom is 0.410 e. The molecule has 1 saturated heterocycles. The second kappa shape index (κ2) is 13.2. The molecule has 5 rings (SSSR count). The molecule has 10 nitrogen and oxygen atoms in total. The molecule has 3 heterocycles. The van der Waals surface area contributed by atoms with Gasteiger partial charge in [0.2, 0.25) is 6.79 Å². The summed E-state index contributed by atoms with van der Waals surface area (Å²) in [7, 11) is 0. The van der Waals surface area contributed by atoms with Crippen LogP contribution in [0.15, 0.2) is 54.9 Å². The Kier molecular flexibility index (Phi) is 9.47. The van der Waals surface area contributed by atoms with Crippen LogP contribution < -0.4 is 19.5 Å². The number of aromatic nitrogens is 2. The molecule has 40 heavy (non-hydrogen) atoms. The van der Waals surface area contributed by atoms with Gasteiger partial charge in [0.05, 0.1) is 18.7 Å². The first kappa shape index (κ1) is 28.7. The SMILES string of the molecule is CC(C)(C)OC(=O)N1CCCC(COc2ccc3c(c2)OCO3)C1.O=C(NCc1ncc[nH]1)c1ccccc1F. The molecule has 0 spiro atoms. The van der Waals surface area contributed by atoms with Gasteiger partial charge in [-0.1, -0.05) is 12.1 Å². The molecular formula is C29H35FN4O6. The van der Waals surface area contributed by atoms with Gasteiger partial charge in [-0.3, -0.25) is 4.79 Å². The number of piperidine rings is 1. The second-order valence-corrected chi connectivity index (χ2v) is 10.5. The van der Waals surface area contributed by atoms with Crippen LogP contribution in [-0.2, 0) is 11.3 Å². The first-order valence-electron chi connectivity index (χ1n) is 13.2. The number of imidazole rings is 1. The zero-order valence-corrected chi connectivity index (χ0v) is 22.9. The number of amides is 2. The third-order valence-corrected chi connectivity index (χ3v) is 6.09. The highest BCUT2D eigenvalue weighted by Gasteiger charge is 2.28. The van der Waals surface area contributed by atoms with Gasteiger partial charge in [0.25, 0.3) is 5.91 Å². The summed E-state index contributed by atoms with van der Waals surface area (Å²) in [6, 6.07) is 11.4. The number of benzene rings is 2. The summed E-state index contributed by atoms with van der Waals surface area (Å²) in [5.41, 5.74) is -0.429. The minimum Gasteiger partial charge on any atom is -0.493 e. The van der Waals surface area contributed by atoms with Gasteiger partial charge in [-0.25, -0.2) is 14.2 Å². The predicted octanol–water partition coefficient (Wildman–Crippen LogP) is 4.92. The number of fused-ring (bicyclic) bond motifs is 1. The van der Waals surface area contributed by atoms with Gasteiger partial charge in [-0.15, -0.1) is 0 Å². The molecule has 1 fully saturated rings. The van der Waals surface area contributed by atoms with Gasteiger partial charge in [0.15, 0.2) is 11.5 Å². The van der Waals surface area contributed by atoms with Crippen molar-refractivity contribution in [3.63, 3.8) is 0 Å². The Labute approximate surface area is 232 Å². The standard InChI is InChI=1S/C18H25NO5.C11H10FN3O/c1-18(2,3)24-17(20)19-8-4-5-13(10-19)11-21-14-6-7-15-16(9-14)23-12-22-15;12-9-4-2-1-3-8(9)11(16)15-7-10-13-5-6-14-10/h6-7,9,13H,4-5,8,10-12H2,1-3H3;1-6H,7H2,(H,13,14)(H,15,16). The van der Waals surface area contributed by atoms with Crippen LogP contribution in [0.4, 0.5) is 9.18 Å². The lowest BCUT2D eigenvalue weighted by Crippen LogP contribution is -2.44. The summed E-state index contributed by atoms with van der Waals surface area (Å²) in [5.74, 6) is 2.17. The first-order valence-corrected chi connectivity index (χ1v) is 13.2. The summed E-state index contributed by atoms with van der Waals surface area (Å²) in [4.78, 5) is 32.3. The van der Waals surface area contributed by atoms with Gasteiger partial charge in [0.1, 0.15) is 23.0 Å². The smallest absolute Gasteiger partial charge is 0.410 e. The number of ether oxygens (including phenoxy) is 4. The number of H-pyrrole nitrogens is 1. The highest BCUT2D eigenvalue weighted by atomic mass is 19.1. The van der Waals surface area contributed by atoms with Crippen molar-refractivity contribution in [1.82, 2.24) is 20.2 Å². The number of hydrogen-bond acceptors (Lipinski definition) is 7. The van der Waals surface area contributed by atoms with E-state index in [2.05, 4.69) is 15.3 Å². The van der Waals surface area contributed by atoms with Gasteiger partial charge in [0, 0.05) is 37.5 Å². The number of carbonyl (C=O) groups excluding carboxylic acids is 2. The summed E-state index contributed by atoms with van der Waals surface area (Å²) in [6.07, 6.45) is 5.02. The monoisotopic (exact) mass is 554 g/mol. The van der Waals surface area contributed by atoms with E-state index in [-0.39, 0.29) is 25.0 Å². The molecule has 214 valence electrons. The minimum absolute atomic E-state index is 0.0362. The molecule has 1 atom stereocenters. The molecule has 1 unspecified atom stereocenters. The number of carbonyl (C=O) groups is 2. The predicted molar refractivity (Wildman–Crippen MR) is 145 cm³/mol. The number of hydrogen-bond donors (Lipinski definition) is 2. The highest BCUT2D eigenvalue weighted by molar-refractivity contribution is 5.94. The van der Waals surface area contributed by atoms with Gasteiger partial charge < -0.3 is 34.1 Å². The molecule has 2 amide bonds. The zero-order chi connectivity index (χ0) is 28.5. The number of aromatic amines is 1. The average molecular weight is 555 g/mol. The molecule has 11 heteroatoms. The van der Waals surface area contributed by atoms with Crippen LogP contribution in [0.25, 0.3) is 0 Å².